The molecule has 2 rings (SSSR count). The molecule has 2 N–H and O–H groups in total. The number of anilines is 1. The quantitative estimate of drug-likeness (QED) is 0.776. The van der Waals surface area contributed by atoms with E-state index in [0.29, 0.717) is 13.0 Å². The Morgan fingerprint density at radius 2 is 1.79 bits per heavy atom. The van der Waals surface area contributed by atoms with Gasteiger partial charge in [-0.15, -0.1) is 0 Å². The zero-order valence-electron chi connectivity index (χ0n) is 15.0. The third-order valence-electron chi connectivity index (χ3n) is 4.52. The third kappa shape index (κ3) is 5.64. The Bertz CT molecular complexity index is 558. The summed E-state index contributed by atoms with van der Waals surface area (Å²) in [6.07, 6.45) is 2.21. The zero-order valence-corrected chi connectivity index (χ0v) is 15.0. The summed E-state index contributed by atoms with van der Waals surface area (Å²) in [5, 5.41) is 2.98. The van der Waals surface area contributed by atoms with Gasteiger partial charge in [0, 0.05) is 18.5 Å². The summed E-state index contributed by atoms with van der Waals surface area (Å²) in [5.74, 6) is 0.0296. The SMILES string of the molecule is CCOC(=O)C1CC[NH+](CCC(=O)Nc2cc(C)cc(C)c2)CC1. The van der Waals surface area contributed by atoms with Crippen molar-refractivity contribution in [2.24, 2.45) is 5.92 Å². The number of nitrogens with one attached hydrogen (secondary N) is 2. The summed E-state index contributed by atoms with van der Waals surface area (Å²) in [5.41, 5.74) is 3.17. The van der Waals surface area contributed by atoms with Gasteiger partial charge in [0.15, 0.2) is 0 Å². The summed E-state index contributed by atoms with van der Waals surface area (Å²) >= 11 is 0. The highest BCUT2D eigenvalue weighted by Crippen LogP contribution is 2.14. The molecule has 5 nitrogen and oxygen atoms in total. The maximum Gasteiger partial charge on any atom is 0.309 e. The van der Waals surface area contributed by atoms with Gasteiger partial charge in [0.25, 0.3) is 0 Å². The molecule has 0 unspecified atom stereocenters. The number of quaternary nitrogens is 1. The van der Waals surface area contributed by atoms with Crippen LogP contribution in [-0.4, -0.2) is 38.1 Å². The first-order chi connectivity index (χ1) is 11.5. The van der Waals surface area contributed by atoms with E-state index in [9.17, 15) is 9.59 Å². The normalized spacial score (nSPS) is 20.5. The van der Waals surface area contributed by atoms with Gasteiger partial charge in [0.1, 0.15) is 0 Å². The minimum atomic E-state index is -0.0656. The summed E-state index contributed by atoms with van der Waals surface area (Å²) in [7, 11) is 0. The van der Waals surface area contributed by atoms with Crippen molar-refractivity contribution in [1.29, 1.82) is 0 Å². The van der Waals surface area contributed by atoms with Gasteiger partial charge in [-0.1, -0.05) is 6.07 Å². The fourth-order valence-corrected chi connectivity index (χ4v) is 3.33. The standard InChI is InChI=1S/C19H28N2O3/c1-4-24-19(23)16-5-8-21(9-6-16)10-7-18(22)20-17-12-14(2)11-15(3)13-17/h11-13,16H,4-10H2,1-3H3,(H,20,22)/p+1. The van der Waals surface area contributed by atoms with E-state index in [0.717, 1.165) is 49.3 Å². The molecule has 24 heavy (non-hydrogen) atoms. The number of piperidine rings is 1. The van der Waals surface area contributed by atoms with E-state index in [-0.39, 0.29) is 17.8 Å². The number of carbonyl (C=O) groups excluding carboxylic acids is 2. The number of carbonyl (C=O) groups is 2. The lowest BCUT2D eigenvalue weighted by molar-refractivity contribution is -0.905. The van der Waals surface area contributed by atoms with E-state index < -0.39 is 0 Å². The summed E-state index contributed by atoms with van der Waals surface area (Å²) in [6, 6.07) is 6.07. The number of aryl methyl sites for hydroxylation is 2. The zero-order chi connectivity index (χ0) is 17.5. The molecule has 1 amide bonds. The molecule has 0 bridgehead atoms. The van der Waals surface area contributed by atoms with E-state index in [2.05, 4.69) is 11.4 Å². The Morgan fingerprint density at radius 3 is 2.38 bits per heavy atom. The maximum absolute atomic E-state index is 12.1. The second-order valence-electron chi connectivity index (χ2n) is 6.70. The van der Waals surface area contributed by atoms with Crippen molar-refractivity contribution in [3.63, 3.8) is 0 Å². The number of hydrogen-bond acceptors (Lipinski definition) is 3. The smallest absolute Gasteiger partial charge is 0.309 e. The lowest BCUT2D eigenvalue weighted by Gasteiger charge is -2.27. The largest absolute Gasteiger partial charge is 0.466 e. The van der Waals surface area contributed by atoms with Gasteiger partial charge in [-0.3, -0.25) is 9.59 Å². The van der Waals surface area contributed by atoms with Crippen LogP contribution in [0.1, 0.15) is 37.3 Å². The summed E-state index contributed by atoms with van der Waals surface area (Å²) in [4.78, 5) is 25.3. The van der Waals surface area contributed by atoms with Crippen LogP contribution in [-0.2, 0) is 14.3 Å². The number of rotatable bonds is 6. The van der Waals surface area contributed by atoms with E-state index >= 15 is 0 Å². The number of hydrogen-bond donors (Lipinski definition) is 2. The highest BCUT2D eigenvalue weighted by molar-refractivity contribution is 5.90. The number of ether oxygens (including phenoxy) is 1. The van der Waals surface area contributed by atoms with Crippen molar-refractivity contribution < 1.29 is 19.2 Å². The fraction of sp³-hybridized carbons (Fsp3) is 0.579. The number of likely N-dealkylation sites (tertiary alicyclic amines) is 1. The lowest BCUT2D eigenvalue weighted by Crippen LogP contribution is -3.13. The van der Waals surface area contributed by atoms with E-state index in [1.54, 1.807) is 0 Å². The molecule has 0 saturated carbocycles. The molecular formula is C19H29N2O3+. The minimum Gasteiger partial charge on any atom is -0.466 e. The van der Waals surface area contributed by atoms with Crippen molar-refractivity contribution in [3.8, 4) is 0 Å². The lowest BCUT2D eigenvalue weighted by atomic mass is 9.97. The van der Waals surface area contributed by atoms with Crippen molar-refractivity contribution >= 4 is 17.6 Å². The van der Waals surface area contributed by atoms with Crippen LogP contribution in [0.2, 0.25) is 0 Å². The molecule has 1 saturated heterocycles. The maximum atomic E-state index is 12.1. The van der Waals surface area contributed by atoms with Gasteiger partial charge in [-0.2, -0.15) is 0 Å². The summed E-state index contributed by atoms with van der Waals surface area (Å²) < 4.78 is 5.09. The second kappa shape index (κ2) is 8.83. The van der Waals surface area contributed by atoms with E-state index in [1.165, 1.54) is 4.90 Å². The minimum absolute atomic E-state index is 0.0396. The number of benzene rings is 1. The first kappa shape index (κ1) is 18.5. The van der Waals surface area contributed by atoms with Gasteiger partial charge < -0.3 is 15.0 Å². The van der Waals surface area contributed by atoms with Crippen molar-refractivity contribution in [2.75, 3.05) is 31.6 Å². The molecule has 1 heterocycles. The molecule has 0 spiro atoms. The average Bonchev–Trinajstić information content (AvgIpc) is 2.52. The monoisotopic (exact) mass is 333 g/mol. The Labute approximate surface area is 144 Å². The fourth-order valence-electron chi connectivity index (χ4n) is 3.33. The molecule has 5 heteroatoms. The van der Waals surface area contributed by atoms with Gasteiger partial charge >= 0.3 is 5.97 Å². The molecular weight excluding hydrogens is 304 g/mol. The van der Waals surface area contributed by atoms with Crippen molar-refractivity contribution in [3.05, 3.63) is 29.3 Å². The topological polar surface area (TPSA) is 59.8 Å². The van der Waals surface area contributed by atoms with Crippen LogP contribution < -0.4 is 10.2 Å². The van der Waals surface area contributed by atoms with Crippen LogP contribution in [0.4, 0.5) is 5.69 Å². The Balaban J connectivity index is 1.72. The highest BCUT2D eigenvalue weighted by Gasteiger charge is 2.28. The van der Waals surface area contributed by atoms with Crippen LogP contribution in [0.3, 0.4) is 0 Å². The molecule has 1 aromatic rings. The van der Waals surface area contributed by atoms with Crippen LogP contribution in [0.25, 0.3) is 0 Å². The molecule has 132 valence electrons. The molecule has 1 aliphatic heterocycles. The van der Waals surface area contributed by atoms with E-state index in [1.807, 2.05) is 32.9 Å². The number of amides is 1. The van der Waals surface area contributed by atoms with Crippen molar-refractivity contribution in [2.45, 2.75) is 40.0 Å². The molecule has 0 atom stereocenters. The number of esters is 1. The van der Waals surface area contributed by atoms with Crippen LogP contribution in [0, 0.1) is 19.8 Å². The van der Waals surface area contributed by atoms with Gasteiger partial charge in [0.05, 0.1) is 38.6 Å². The van der Waals surface area contributed by atoms with E-state index in [4.69, 9.17) is 4.74 Å². The third-order valence-corrected chi connectivity index (χ3v) is 4.52. The Hall–Kier alpha value is -1.88. The molecule has 0 aromatic heterocycles. The van der Waals surface area contributed by atoms with Crippen molar-refractivity contribution in [1.82, 2.24) is 0 Å². The second-order valence-corrected chi connectivity index (χ2v) is 6.70. The molecule has 1 fully saturated rings. The molecule has 1 aromatic carbocycles. The molecule has 0 aliphatic carbocycles. The molecule has 0 radical (unpaired) electrons. The van der Waals surface area contributed by atoms with Crippen LogP contribution in [0.5, 0.6) is 0 Å². The highest BCUT2D eigenvalue weighted by atomic mass is 16.5. The predicted molar refractivity (Wildman–Crippen MR) is 94.1 cm³/mol. The van der Waals surface area contributed by atoms with Gasteiger partial charge in [0.2, 0.25) is 5.91 Å². The Kier molecular flexibility index (Phi) is 6.79. The first-order valence-electron chi connectivity index (χ1n) is 8.86. The van der Waals surface area contributed by atoms with Crippen LogP contribution in [0.15, 0.2) is 18.2 Å². The van der Waals surface area contributed by atoms with Crippen LogP contribution >= 0.6 is 0 Å². The molecule has 1 aliphatic rings. The first-order valence-corrected chi connectivity index (χ1v) is 8.86. The van der Waals surface area contributed by atoms with Gasteiger partial charge in [-0.05, 0) is 44.0 Å². The summed E-state index contributed by atoms with van der Waals surface area (Å²) in [6.45, 7) is 9.02. The average molecular weight is 333 g/mol. The Morgan fingerprint density at radius 1 is 1.17 bits per heavy atom. The van der Waals surface area contributed by atoms with Gasteiger partial charge in [-0.25, -0.2) is 0 Å². The predicted octanol–water partition coefficient (Wildman–Crippen LogP) is 1.49.